The molecule has 25 heavy (non-hydrogen) atoms. The zero-order valence-electron chi connectivity index (χ0n) is 15.2. The van der Waals surface area contributed by atoms with Crippen molar-refractivity contribution in [3.63, 3.8) is 0 Å². The van der Waals surface area contributed by atoms with Crippen molar-refractivity contribution in [1.29, 1.82) is 0 Å². The Bertz CT molecular complexity index is 602. The molecule has 0 aliphatic carbocycles. The minimum absolute atomic E-state index is 0.0646. The number of carbonyl (C=O) groups is 1. The molecule has 2 aliphatic heterocycles. The lowest BCUT2D eigenvalue weighted by atomic mass is 10.0. The number of amides is 1. The van der Waals surface area contributed by atoms with Gasteiger partial charge < -0.3 is 14.5 Å². The first kappa shape index (κ1) is 18.5. The topological polar surface area (TPSA) is 36.0 Å². The number of benzene rings is 1. The van der Waals surface area contributed by atoms with Gasteiger partial charge in [-0.25, -0.2) is 0 Å². The smallest absolute Gasteiger partial charge is 0.253 e. The van der Waals surface area contributed by atoms with Crippen molar-refractivity contribution in [2.75, 3.05) is 53.4 Å². The summed E-state index contributed by atoms with van der Waals surface area (Å²) in [6.07, 6.45) is 3.50. The van der Waals surface area contributed by atoms with Crippen molar-refractivity contribution in [2.24, 2.45) is 0 Å². The lowest BCUT2D eigenvalue weighted by molar-refractivity contribution is 0.0750. The fourth-order valence-corrected chi connectivity index (χ4v) is 4.11. The van der Waals surface area contributed by atoms with E-state index in [4.69, 9.17) is 16.3 Å². The number of hydrogen-bond donors (Lipinski definition) is 0. The zero-order valence-corrected chi connectivity index (χ0v) is 16.0. The van der Waals surface area contributed by atoms with Gasteiger partial charge >= 0.3 is 0 Å². The fourth-order valence-electron chi connectivity index (χ4n) is 3.85. The van der Waals surface area contributed by atoms with Crippen LogP contribution in [0.25, 0.3) is 0 Å². The largest absolute Gasteiger partial charge is 0.495 e. The molecule has 0 aromatic heterocycles. The van der Waals surface area contributed by atoms with E-state index in [1.54, 1.807) is 25.3 Å². The summed E-state index contributed by atoms with van der Waals surface area (Å²) in [7, 11) is 3.77. The number of nitrogens with zero attached hydrogens (tertiary/aromatic N) is 3. The SMILES string of the molecule is COc1ccc(C(=O)N2CCCN(C3CCN(C)CC3)CC2)cc1Cl. The minimum atomic E-state index is 0.0646. The third kappa shape index (κ3) is 4.46. The Kier molecular flexibility index (Phi) is 6.20. The molecule has 138 valence electrons. The monoisotopic (exact) mass is 365 g/mol. The van der Waals surface area contributed by atoms with Gasteiger partial charge in [-0.15, -0.1) is 0 Å². The summed E-state index contributed by atoms with van der Waals surface area (Å²) in [6.45, 7) is 5.99. The lowest BCUT2D eigenvalue weighted by Crippen LogP contribution is -2.45. The van der Waals surface area contributed by atoms with Crippen LogP contribution in [0.3, 0.4) is 0 Å². The van der Waals surface area contributed by atoms with Gasteiger partial charge in [-0.3, -0.25) is 9.69 Å². The average Bonchev–Trinajstić information content (AvgIpc) is 2.88. The Labute approximate surface area is 155 Å². The second kappa shape index (κ2) is 8.39. The number of halogens is 1. The Morgan fingerprint density at radius 3 is 2.56 bits per heavy atom. The number of ether oxygens (including phenoxy) is 1. The second-order valence-corrected chi connectivity index (χ2v) is 7.47. The number of carbonyl (C=O) groups excluding carboxylic acids is 1. The number of likely N-dealkylation sites (tertiary alicyclic amines) is 1. The first-order chi connectivity index (χ1) is 12.1. The van der Waals surface area contributed by atoms with Crippen molar-refractivity contribution in [3.8, 4) is 5.75 Å². The Morgan fingerprint density at radius 2 is 1.88 bits per heavy atom. The molecule has 1 aromatic rings. The van der Waals surface area contributed by atoms with Crippen molar-refractivity contribution < 1.29 is 9.53 Å². The van der Waals surface area contributed by atoms with Gasteiger partial charge in [0.2, 0.25) is 0 Å². The standard InChI is InChI=1S/C19H28ClN3O2/c1-21-10-6-16(7-11-21)22-8-3-9-23(13-12-22)19(24)15-4-5-18(25-2)17(20)14-15/h4-5,14,16H,3,6-13H2,1-2H3. The van der Waals surface area contributed by atoms with E-state index in [0.717, 1.165) is 32.6 Å². The Balaban J connectivity index is 1.60. The van der Waals surface area contributed by atoms with Crippen LogP contribution in [-0.2, 0) is 0 Å². The summed E-state index contributed by atoms with van der Waals surface area (Å²) < 4.78 is 5.17. The molecule has 5 nitrogen and oxygen atoms in total. The predicted molar refractivity (Wildman–Crippen MR) is 101 cm³/mol. The lowest BCUT2D eigenvalue weighted by Gasteiger charge is -2.36. The van der Waals surface area contributed by atoms with Crippen LogP contribution >= 0.6 is 11.6 Å². The molecule has 1 aromatic carbocycles. The van der Waals surface area contributed by atoms with Gasteiger partial charge in [-0.2, -0.15) is 0 Å². The number of piperidine rings is 1. The molecule has 0 atom stereocenters. The number of rotatable bonds is 3. The van der Waals surface area contributed by atoms with Gasteiger partial charge in [0.15, 0.2) is 0 Å². The molecular weight excluding hydrogens is 338 g/mol. The van der Waals surface area contributed by atoms with E-state index in [1.807, 2.05) is 4.90 Å². The highest BCUT2D eigenvalue weighted by atomic mass is 35.5. The van der Waals surface area contributed by atoms with E-state index < -0.39 is 0 Å². The van der Waals surface area contributed by atoms with Crippen LogP contribution in [0.15, 0.2) is 18.2 Å². The highest BCUT2D eigenvalue weighted by Gasteiger charge is 2.27. The first-order valence-electron chi connectivity index (χ1n) is 9.14. The molecule has 0 N–H and O–H groups in total. The van der Waals surface area contributed by atoms with Crippen LogP contribution in [0.5, 0.6) is 5.75 Å². The van der Waals surface area contributed by atoms with Crippen molar-refractivity contribution in [1.82, 2.24) is 14.7 Å². The molecule has 2 aliphatic rings. The van der Waals surface area contributed by atoms with Crippen LogP contribution in [0.1, 0.15) is 29.6 Å². The van der Waals surface area contributed by atoms with E-state index in [9.17, 15) is 4.79 Å². The number of methoxy groups -OCH3 is 1. The highest BCUT2D eigenvalue weighted by Crippen LogP contribution is 2.26. The summed E-state index contributed by atoms with van der Waals surface area (Å²) in [5, 5.41) is 0.483. The van der Waals surface area contributed by atoms with Gasteiger partial charge in [-0.1, -0.05) is 11.6 Å². The van der Waals surface area contributed by atoms with Crippen LogP contribution in [-0.4, -0.2) is 80.1 Å². The van der Waals surface area contributed by atoms with Gasteiger partial charge in [-0.05, 0) is 57.6 Å². The van der Waals surface area contributed by atoms with Crippen LogP contribution < -0.4 is 4.74 Å². The third-order valence-electron chi connectivity index (χ3n) is 5.42. The van der Waals surface area contributed by atoms with E-state index in [2.05, 4.69) is 16.8 Å². The van der Waals surface area contributed by atoms with Crippen LogP contribution in [0, 0.1) is 0 Å². The van der Waals surface area contributed by atoms with Crippen molar-refractivity contribution in [3.05, 3.63) is 28.8 Å². The van der Waals surface area contributed by atoms with E-state index >= 15 is 0 Å². The molecule has 6 heteroatoms. The van der Waals surface area contributed by atoms with Crippen molar-refractivity contribution in [2.45, 2.75) is 25.3 Å². The van der Waals surface area contributed by atoms with Crippen molar-refractivity contribution >= 4 is 17.5 Å². The zero-order chi connectivity index (χ0) is 17.8. The summed E-state index contributed by atoms with van der Waals surface area (Å²) in [5.41, 5.74) is 0.638. The molecule has 0 spiro atoms. The maximum absolute atomic E-state index is 12.8. The summed E-state index contributed by atoms with van der Waals surface area (Å²) in [5.74, 6) is 0.664. The molecule has 0 saturated carbocycles. The minimum Gasteiger partial charge on any atom is -0.495 e. The maximum atomic E-state index is 12.8. The summed E-state index contributed by atoms with van der Waals surface area (Å²) in [4.78, 5) is 19.8. The molecule has 0 radical (unpaired) electrons. The average molecular weight is 366 g/mol. The van der Waals surface area contributed by atoms with E-state index in [1.165, 1.54) is 25.9 Å². The summed E-state index contributed by atoms with van der Waals surface area (Å²) >= 11 is 6.17. The molecule has 0 bridgehead atoms. The number of hydrogen-bond acceptors (Lipinski definition) is 4. The van der Waals surface area contributed by atoms with Gasteiger partial charge in [0.05, 0.1) is 12.1 Å². The molecule has 2 fully saturated rings. The molecule has 2 heterocycles. The third-order valence-corrected chi connectivity index (χ3v) is 5.72. The normalized spacial score (nSPS) is 21.2. The molecule has 1 amide bonds. The molecular formula is C19H28ClN3O2. The van der Waals surface area contributed by atoms with Gasteiger partial charge in [0.25, 0.3) is 5.91 Å². The quantitative estimate of drug-likeness (QED) is 0.825. The predicted octanol–water partition coefficient (Wildman–Crippen LogP) is 2.59. The molecule has 2 saturated heterocycles. The maximum Gasteiger partial charge on any atom is 0.253 e. The van der Waals surface area contributed by atoms with Gasteiger partial charge in [0.1, 0.15) is 5.75 Å². The summed E-state index contributed by atoms with van der Waals surface area (Å²) in [6, 6.07) is 5.94. The Hall–Kier alpha value is -1.30. The van der Waals surface area contributed by atoms with Crippen LogP contribution in [0.4, 0.5) is 0 Å². The van der Waals surface area contributed by atoms with Crippen LogP contribution in [0.2, 0.25) is 5.02 Å². The molecule has 0 unspecified atom stereocenters. The fraction of sp³-hybridized carbons (Fsp3) is 0.632. The van der Waals surface area contributed by atoms with Gasteiger partial charge in [0, 0.05) is 37.8 Å². The second-order valence-electron chi connectivity index (χ2n) is 7.07. The molecule has 3 rings (SSSR count). The highest BCUT2D eigenvalue weighted by molar-refractivity contribution is 6.32. The first-order valence-corrected chi connectivity index (χ1v) is 9.51. The van der Waals surface area contributed by atoms with E-state index in [-0.39, 0.29) is 5.91 Å². The van der Waals surface area contributed by atoms with E-state index in [0.29, 0.717) is 22.4 Å². The Morgan fingerprint density at radius 1 is 1.12 bits per heavy atom.